The van der Waals surface area contributed by atoms with E-state index in [1.807, 2.05) is 20.8 Å². The highest BCUT2D eigenvalue weighted by atomic mass is 32.2. The van der Waals surface area contributed by atoms with Crippen molar-refractivity contribution >= 4 is 17.7 Å². The Hall–Kier alpha value is -0.220. The van der Waals surface area contributed by atoms with Crippen molar-refractivity contribution < 1.29 is 4.79 Å². The van der Waals surface area contributed by atoms with E-state index in [1.165, 1.54) is 6.42 Å². The number of hydrogen-bond donors (Lipinski definition) is 2. The quantitative estimate of drug-likeness (QED) is 0.739. The van der Waals surface area contributed by atoms with E-state index in [-0.39, 0.29) is 11.4 Å². The second kappa shape index (κ2) is 5.03. The first-order valence-corrected chi connectivity index (χ1v) is 6.15. The molecule has 1 aliphatic rings. The smallest absolute Gasteiger partial charge is 0.230 e. The predicted molar refractivity (Wildman–Crippen MR) is 61.6 cm³/mol. The van der Waals surface area contributed by atoms with Crippen molar-refractivity contribution in [2.24, 2.45) is 0 Å². The lowest BCUT2D eigenvalue weighted by molar-refractivity contribution is -0.119. The minimum atomic E-state index is -0.106. The zero-order chi connectivity index (χ0) is 10.6. The van der Waals surface area contributed by atoms with Crippen LogP contribution in [0.2, 0.25) is 0 Å². The maximum Gasteiger partial charge on any atom is 0.230 e. The van der Waals surface area contributed by atoms with Gasteiger partial charge in [0, 0.05) is 17.3 Å². The Kier molecular flexibility index (Phi) is 4.26. The SMILES string of the molecule is CC(C)(C)NC(=O)CSC1CCNC1. The molecule has 82 valence electrons. The van der Waals surface area contributed by atoms with Gasteiger partial charge in [-0.15, -0.1) is 11.8 Å². The van der Waals surface area contributed by atoms with Crippen LogP contribution in [0.5, 0.6) is 0 Å². The van der Waals surface area contributed by atoms with E-state index in [0.29, 0.717) is 11.0 Å². The number of carbonyl (C=O) groups excluding carboxylic acids is 1. The molecule has 4 heteroatoms. The van der Waals surface area contributed by atoms with Gasteiger partial charge in [0.2, 0.25) is 5.91 Å². The van der Waals surface area contributed by atoms with Gasteiger partial charge in [-0.05, 0) is 33.7 Å². The number of nitrogens with one attached hydrogen (secondary N) is 2. The molecule has 1 amide bonds. The van der Waals surface area contributed by atoms with Gasteiger partial charge in [0.1, 0.15) is 0 Å². The second-order valence-electron chi connectivity index (χ2n) is 4.72. The van der Waals surface area contributed by atoms with Crippen LogP contribution in [0.3, 0.4) is 0 Å². The van der Waals surface area contributed by atoms with E-state index in [1.54, 1.807) is 11.8 Å². The van der Waals surface area contributed by atoms with E-state index in [9.17, 15) is 4.79 Å². The van der Waals surface area contributed by atoms with Crippen molar-refractivity contribution in [2.75, 3.05) is 18.8 Å². The van der Waals surface area contributed by atoms with Crippen LogP contribution in [0.25, 0.3) is 0 Å². The number of carbonyl (C=O) groups is 1. The molecule has 0 aromatic carbocycles. The lowest BCUT2D eigenvalue weighted by atomic mass is 10.1. The van der Waals surface area contributed by atoms with Gasteiger partial charge in [0.05, 0.1) is 5.75 Å². The van der Waals surface area contributed by atoms with E-state index >= 15 is 0 Å². The van der Waals surface area contributed by atoms with Gasteiger partial charge >= 0.3 is 0 Å². The van der Waals surface area contributed by atoms with Crippen LogP contribution in [0, 0.1) is 0 Å². The maximum absolute atomic E-state index is 11.5. The summed E-state index contributed by atoms with van der Waals surface area (Å²) in [6.07, 6.45) is 1.19. The van der Waals surface area contributed by atoms with E-state index in [4.69, 9.17) is 0 Å². The van der Waals surface area contributed by atoms with E-state index < -0.39 is 0 Å². The van der Waals surface area contributed by atoms with Crippen LogP contribution in [0.1, 0.15) is 27.2 Å². The minimum absolute atomic E-state index is 0.106. The average Bonchev–Trinajstić information content (AvgIpc) is 2.49. The van der Waals surface area contributed by atoms with Crippen LogP contribution >= 0.6 is 11.8 Å². The molecule has 1 aliphatic heterocycles. The van der Waals surface area contributed by atoms with Gasteiger partial charge < -0.3 is 10.6 Å². The molecule has 0 aromatic rings. The Morgan fingerprint density at radius 2 is 2.29 bits per heavy atom. The summed E-state index contributed by atoms with van der Waals surface area (Å²) in [5, 5.41) is 6.88. The fraction of sp³-hybridized carbons (Fsp3) is 0.900. The van der Waals surface area contributed by atoms with Crippen molar-refractivity contribution in [3.63, 3.8) is 0 Å². The molecule has 0 saturated carbocycles. The molecule has 1 saturated heterocycles. The highest BCUT2D eigenvalue weighted by molar-refractivity contribution is 8.00. The van der Waals surface area contributed by atoms with Gasteiger partial charge in [0.25, 0.3) is 0 Å². The molecule has 14 heavy (non-hydrogen) atoms. The molecule has 0 aromatic heterocycles. The molecule has 3 nitrogen and oxygen atoms in total. The van der Waals surface area contributed by atoms with Crippen molar-refractivity contribution in [2.45, 2.75) is 38.0 Å². The molecule has 1 fully saturated rings. The van der Waals surface area contributed by atoms with Crippen LogP contribution < -0.4 is 10.6 Å². The average molecular weight is 216 g/mol. The van der Waals surface area contributed by atoms with Crippen molar-refractivity contribution in [3.05, 3.63) is 0 Å². The topological polar surface area (TPSA) is 41.1 Å². The zero-order valence-corrected chi connectivity index (χ0v) is 10.0. The highest BCUT2D eigenvalue weighted by Crippen LogP contribution is 2.17. The summed E-state index contributed by atoms with van der Waals surface area (Å²) in [6.45, 7) is 8.16. The molecule has 2 N–H and O–H groups in total. The Morgan fingerprint density at radius 1 is 1.57 bits per heavy atom. The number of amides is 1. The van der Waals surface area contributed by atoms with Crippen molar-refractivity contribution in [3.8, 4) is 0 Å². The second-order valence-corrected chi connectivity index (χ2v) is 6.01. The van der Waals surface area contributed by atoms with Gasteiger partial charge in [-0.25, -0.2) is 0 Å². The summed E-state index contributed by atoms with van der Waals surface area (Å²) in [4.78, 5) is 11.5. The van der Waals surface area contributed by atoms with Crippen LogP contribution in [0.15, 0.2) is 0 Å². The standard InChI is InChI=1S/C10H20N2OS/c1-10(2,3)12-9(13)7-14-8-4-5-11-6-8/h8,11H,4-7H2,1-3H3,(H,12,13). The molecule has 0 bridgehead atoms. The Labute approximate surface area is 90.4 Å². The van der Waals surface area contributed by atoms with Crippen LogP contribution in [-0.2, 0) is 4.79 Å². The summed E-state index contributed by atoms with van der Waals surface area (Å²) < 4.78 is 0. The first-order chi connectivity index (χ1) is 6.47. The normalized spacial score (nSPS) is 22.4. The number of hydrogen-bond acceptors (Lipinski definition) is 3. The number of rotatable bonds is 3. The summed E-state index contributed by atoms with van der Waals surface area (Å²) >= 11 is 1.76. The molecule has 1 heterocycles. The molecular formula is C10H20N2OS. The van der Waals surface area contributed by atoms with Crippen molar-refractivity contribution in [1.82, 2.24) is 10.6 Å². The third kappa shape index (κ3) is 4.86. The molecule has 1 unspecified atom stereocenters. The molecule has 1 rings (SSSR count). The minimum Gasteiger partial charge on any atom is -0.351 e. The molecule has 0 aliphatic carbocycles. The lowest BCUT2D eigenvalue weighted by Crippen LogP contribution is -2.41. The highest BCUT2D eigenvalue weighted by Gasteiger charge is 2.18. The fourth-order valence-electron chi connectivity index (χ4n) is 1.42. The van der Waals surface area contributed by atoms with Crippen LogP contribution in [0.4, 0.5) is 0 Å². The Morgan fingerprint density at radius 3 is 2.79 bits per heavy atom. The third-order valence-corrected chi connectivity index (χ3v) is 3.28. The van der Waals surface area contributed by atoms with E-state index in [2.05, 4.69) is 10.6 Å². The summed E-state index contributed by atoms with van der Waals surface area (Å²) in [7, 11) is 0. The fourth-order valence-corrected chi connectivity index (χ4v) is 2.40. The van der Waals surface area contributed by atoms with Crippen molar-refractivity contribution in [1.29, 1.82) is 0 Å². The molecule has 0 radical (unpaired) electrons. The van der Waals surface area contributed by atoms with Crippen LogP contribution in [-0.4, -0.2) is 35.5 Å². The zero-order valence-electron chi connectivity index (χ0n) is 9.22. The number of thioether (sulfide) groups is 1. The molecule has 1 atom stereocenters. The van der Waals surface area contributed by atoms with Gasteiger partial charge in [-0.1, -0.05) is 0 Å². The predicted octanol–water partition coefficient (Wildman–Crippen LogP) is 0.996. The van der Waals surface area contributed by atoms with E-state index in [0.717, 1.165) is 13.1 Å². The first-order valence-electron chi connectivity index (χ1n) is 5.11. The summed E-state index contributed by atoms with van der Waals surface area (Å²) in [5.41, 5.74) is -0.106. The summed E-state index contributed by atoms with van der Waals surface area (Å²) in [6, 6.07) is 0. The lowest BCUT2D eigenvalue weighted by Gasteiger charge is -2.20. The molecule has 0 spiro atoms. The first kappa shape index (κ1) is 11.9. The largest absolute Gasteiger partial charge is 0.351 e. The van der Waals surface area contributed by atoms with Gasteiger partial charge in [0.15, 0.2) is 0 Å². The van der Waals surface area contributed by atoms with Gasteiger partial charge in [-0.3, -0.25) is 4.79 Å². The molecular weight excluding hydrogens is 196 g/mol. The van der Waals surface area contributed by atoms with Gasteiger partial charge in [-0.2, -0.15) is 0 Å². The Bertz CT molecular complexity index is 195. The summed E-state index contributed by atoms with van der Waals surface area (Å²) in [5.74, 6) is 0.735. The third-order valence-electron chi connectivity index (χ3n) is 1.98. The maximum atomic E-state index is 11.5. The Balaban J connectivity index is 2.14. The monoisotopic (exact) mass is 216 g/mol.